The van der Waals surface area contributed by atoms with Crippen LogP contribution in [0.1, 0.15) is 10.6 Å². The van der Waals surface area contributed by atoms with Crippen molar-refractivity contribution in [2.24, 2.45) is 0 Å². The predicted octanol–water partition coefficient (Wildman–Crippen LogP) is 2.23. The van der Waals surface area contributed by atoms with E-state index in [4.69, 9.17) is 11.6 Å². The van der Waals surface area contributed by atoms with Crippen molar-refractivity contribution < 1.29 is 4.79 Å². The molecule has 0 fully saturated rings. The number of benzene rings is 1. The van der Waals surface area contributed by atoms with E-state index in [1.165, 1.54) is 15.9 Å². The lowest BCUT2D eigenvalue weighted by Crippen LogP contribution is -1.99. The normalized spacial score (nSPS) is 10.9. The topological polar surface area (TPSA) is 60.2 Å². The van der Waals surface area contributed by atoms with Gasteiger partial charge in [-0.2, -0.15) is 9.61 Å². The summed E-state index contributed by atoms with van der Waals surface area (Å²) in [4.78, 5) is 11.6. The zero-order chi connectivity index (χ0) is 11.8. The first-order valence-corrected chi connectivity index (χ1v) is 5.92. The largest absolute Gasteiger partial charge is 0.291 e. The maximum absolute atomic E-state index is 11.1. The Morgan fingerprint density at radius 1 is 1.24 bits per heavy atom. The molecule has 0 radical (unpaired) electrons. The van der Waals surface area contributed by atoms with Gasteiger partial charge in [-0.1, -0.05) is 41.7 Å². The molecule has 7 heteroatoms. The molecule has 2 aromatic heterocycles. The monoisotopic (exact) mass is 264 g/mol. The predicted molar refractivity (Wildman–Crippen MR) is 64.3 cm³/mol. The molecule has 0 aliphatic heterocycles. The van der Waals surface area contributed by atoms with E-state index in [-0.39, 0.29) is 5.82 Å². The Bertz CT molecular complexity index is 691. The number of carbonyl (C=O) groups is 1. The Labute approximate surface area is 105 Å². The lowest BCUT2D eigenvalue weighted by Gasteiger charge is -1.92. The molecule has 0 spiro atoms. The third-order valence-corrected chi connectivity index (χ3v) is 3.30. The van der Waals surface area contributed by atoms with Gasteiger partial charge in [0, 0.05) is 5.56 Å². The molecule has 0 aliphatic rings. The molecule has 2 heterocycles. The smallest absolute Gasteiger partial charge is 0.272 e. The van der Waals surface area contributed by atoms with E-state index in [2.05, 4.69) is 15.3 Å². The number of nitrogens with zero attached hydrogens (tertiary/aromatic N) is 4. The highest BCUT2D eigenvalue weighted by atomic mass is 35.5. The third kappa shape index (κ3) is 1.71. The molecule has 3 aromatic rings. The number of hydrogen-bond donors (Lipinski definition) is 0. The Balaban J connectivity index is 2.18. The van der Waals surface area contributed by atoms with Crippen LogP contribution in [0, 0.1) is 0 Å². The molecule has 0 saturated heterocycles. The number of aromatic nitrogens is 4. The number of rotatable bonds is 2. The van der Waals surface area contributed by atoms with Crippen LogP contribution in [-0.2, 0) is 0 Å². The SMILES string of the molecule is O=C(Cl)c1nnc2sc(-c3ccccc3)nn12. The summed E-state index contributed by atoms with van der Waals surface area (Å²) in [5.41, 5.74) is 0.968. The summed E-state index contributed by atoms with van der Waals surface area (Å²) in [5.74, 6) is 0.0418. The van der Waals surface area contributed by atoms with Gasteiger partial charge in [-0.15, -0.1) is 10.2 Å². The second kappa shape index (κ2) is 3.90. The Hall–Kier alpha value is -1.79. The quantitative estimate of drug-likeness (QED) is 0.666. The molecular formula is C10H5ClN4OS. The lowest BCUT2D eigenvalue weighted by atomic mass is 10.2. The van der Waals surface area contributed by atoms with Crippen LogP contribution in [0.25, 0.3) is 15.5 Å². The van der Waals surface area contributed by atoms with E-state index < -0.39 is 5.24 Å². The standard InChI is InChI=1S/C10H5ClN4OS/c11-7(16)8-12-13-10-15(8)14-9(17-10)6-4-2-1-3-5-6/h1-5H. The molecule has 84 valence electrons. The molecule has 0 saturated carbocycles. The van der Waals surface area contributed by atoms with Crippen LogP contribution in [0.2, 0.25) is 0 Å². The molecule has 0 aliphatic carbocycles. The van der Waals surface area contributed by atoms with E-state index in [0.29, 0.717) is 4.96 Å². The first-order chi connectivity index (χ1) is 8.25. The maximum atomic E-state index is 11.1. The zero-order valence-electron chi connectivity index (χ0n) is 8.37. The molecule has 0 N–H and O–H groups in total. The summed E-state index contributed by atoms with van der Waals surface area (Å²) >= 11 is 6.74. The van der Waals surface area contributed by atoms with Gasteiger partial charge in [0.1, 0.15) is 5.01 Å². The fourth-order valence-corrected chi connectivity index (χ4v) is 2.40. The molecule has 3 rings (SSSR count). The van der Waals surface area contributed by atoms with Crippen molar-refractivity contribution in [2.45, 2.75) is 0 Å². The van der Waals surface area contributed by atoms with Crippen molar-refractivity contribution in [1.29, 1.82) is 0 Å². The van der Waals surface area contributed by atoms with E-state index in [9.17, 15) is 4.79 Å². The van der Waals surface area contributed by atoms with Gasteiger partial charge in [-0.3, -0.25) is 4.79 Å². The van der Waals surface area contributed by atoms with Crippen molar-refractivity contribution in [3.05, 3.63) is 36.2 Å². The maximum Gasteiger partial charge on any atom is 0.291 e. The molecule has 5 nitrogen and oxygen atoms in total. The summed E-state index contributed by atoms with van der Waals surface area (Å²) < 4.78 is 1.36. The van der Waals surface area contributed by atoms with Gasteiger partial charge < -0.3 is 0 Å². The van der Waals surface area contributed by atoms with E-state index >= 15 is 0 Å². The minimum absolute atomic E-state index is 0.0418. The average Bonchev–Trinajstić information content (AvgIpc) is 2.88. The summed E-state index contributed by atoms with van der Waals surface area (Å²) in [6, 6.07) is 9.65. The summed E-state index contributed by atoms with van der Waals surface area (Å²) in [6.07, 6.45) is 0. The fraction of sp³-hybridized carbons (Fsp3) is 0. The Morgan fingerprint density at radius 3 is 2.71 bits per heavy atom. The van der Waals surface area contributed by atoms with E-state index in [1.807, 2.05) is 30.3 Å². The van der Waals surface area contributed by atoms with Gasteiger partial charge in [-0.25, -0.2) is 0 Å². The van der Waals surface area contributed by atoms with Gasteiger partial charge in [0.25, 0.3) is 5.24 Å². The van der Waals surface area contributed by atoms with Gasteiger partial charge in [-0.05, 0) is 11.6 Å². The van der Waals surface area contributed by atoms with Crippen molar-refractivity contribution in [3.63, 3.8) is 0 Å². The molecule has 0 amide bonds. The first-order valence-electron chi connectivity index (χ1n) is 4.73. The minimum Gasteiger partial charge on any atom is -0.272 e. The van der Waals surface area contributed by atoms with Gasteiger partial charge in [0.2, 0.25) is 10.8 Å². The van der Waals surface area contributed by atoms with Crippen molar-refractivity contribution in [2.75, 3.05) is 0 Å². The highest BCUT2D eigenvalue weighted by Gasteiger charge is 2.16. The number of halogens is 1. The van der Waals surface area contributed by atoms with Crippen LogP contribution in [0.15, 0.2) is 30.3 Å². The van der Waals surface area contributed by atoms with E-state index in [0.717, 1.165) is 10.6 Å². The summed E-state index contributed by atoms with van der Waals surface area (Å²) in [5, 5.41) is 11.9. The van der Waals surface area contributed by atoms with Crippen LogP contribution in [0.3, 0.4) is 0 Å². The first kappa shape index (κ1) is 10.4. The highest BCUT2D eigenvalue weighted by Crippen LogP contribution is 2.25. The van der Waals surface area contributed by atoms with E-state index in [1.54, 1.807) is 0 Å². The molecule has 17 heavy (non-hydrogen) atoms. The van der Waals surface area contributed by atoms with Crippen molar-refractivity contribution >= 4 is 33.1 Å². The van der Waals surface area contributed by atoms with Gasteiger partial charge >= 0.3 is 0 Å². The number of fused-ring (bicyclic) bond motifs is 1. The number of hydrogen-bond acceptors (Lipinski definition) is 5. The minimum atomic E-state index is -0.664. The third-order valence-electron chi connectivity index (χ3n) is 2.19. The molecule has 0 unspecified atom stereocenters. The second-order valence-corrected chi connectivity index (χ2v) is 4.56. The van der Waals surface area contributed by atoms with Crippen LogP contribution < -0.4 is 0 Å². The molecule has 1 aromatic carbocycles. The fourth-order valence-electron chi connectivity index (χ4n) is 1.44. The van der Waals surface area contributed by atoms with Gasteiger partial charge in [0.15, 0.2) is 0 Å². The summed E-state index contributed by atoms with van der Waals surface area (Å²) in [6.45, 7) is 0. The van der Waals surface area contributed by atoms with Crippen LogP contribution in [-0.4, -0.2) is 25.1 Å². The summed E-state index contributed by atoms with van der Waals surface area (Å²) in [7, 11) is 0. The lowest BCUT2D eigenvalue weighted by molar-refractivity contribution is 0.107. The highest BCUT2D eigenvalue weighted by molar-refractivity contribution is 7.19. The molecule has 0 bridgehead atoms. The Kier molecular flexibility index (Phi) is 2.38. The van der Waals surface area contributed by atoms with Crippen LogP contribution in [0.5, 0.6) is 0 Å². The van der Waals surface area contributed by atoms with Crippen molar-refractivity contribution in [3.8, 4) is 10.6 Å². The van der Waals surface area contributed by atoms with Crippen LogP contribution in [0.4, 0.5) is 0 Å². The number of carbonyl (C=O) groups excluding carboxylic acids is 1. The average molecular weight is 265 g/mol. The van der Waals surface area contributed by atoms with Crippen LogP contribution >= 0.6 is 22.9 Å². The van der Waals surface area contributed by atoms with Gasteiger partial charge in [0.05, 0.1) is 0 Å². The molecular weight excluding hydrogens is 260 g/mol. The molecule has 0 atom stereocenters. The zero-order valence-corrected chi connectivity index (χ0v) is 9.94. The second-order valence-electron chi connectivity index (χ2n) is 3.26. The Morgan fingerprint density at radius 2 is 2.00 bits per heavy atom. The van der Waals surface area contributed by atoms with Crippen molar-refractivity contribution in [1.82, 2.24) is 19.8 Å².